The van der Waals surface area contributed by atoms with Crippen LogP contribution in [-0.4, -0.2) is 51.9 Å². The highest BCUT2D eigenvalue weighted by Gasteiger charge is 2.20. The van der Waals surface area contributed by atoms with E-state index in [1.165, 1.54) is 23.5 Å². The predicted octanol–water partition coefficient (Wildman–Crippen LogP) is 4.29. The van der Waals surface area contributed by atoms with Gasteiger partial charge in [0.15, 0.2) is 0 Å². The number of nitrogens with two attached hydrogens (primary N) is 1. The number of anilines is 2. The molecule has 0 fully saturated rings. The molecule has 2 aromatic carbocycles. The van der Waals surface area contributed by atoms with Crippen LogP contribution in [0.4, 0.5) is 16.0 Å². The van der Waals surface area contributed by atoms with Crippen molar-refractivity contribution in [3.05, 3.63) is 54.6 Å². The maximum absolute atomic E-state index is 13.6. The number of thiophene rings is 1. The lowest BCUT2D eigenvalue weighted by Gasteiger charge is -2.10. The van der Waals surface area contributed by atoms with Crippen LogP contribution < -0.4 is 11.1 Å². The van der Waals surface area contributed by atoms with E-state index < -0.39 is 10.8 Å². The minimum Gasteiger partial charge on any atom is -0.397 e. The SMILES string of the molecule is COCCCS(=O)c1sc2cc(-c3cnc(NCCO)nc3)cc(-c3ccc(F)cc3)c2c1N. The number of benzene rings is 2. The zero-order chi connectivity index (χ0) is 24.1. The zero-order valence-electron chi connectivity index (χ0n) is 18.6. The van der Waals surface area contributed by atoms with Gasteiger partial charge in [0, 0.05) is 54.1 Å². The Morgan fingerprint density at radius 3 is 2.56 bits per heavy atom. The number of halogens is 1. The summed E-state index contributed by atoms with van der Waals surface area (Å²) >= 11 is 1.40. The number of methoxy groups -OCH3 is 1. The van der Waals surface area contributed by atoms with Gasteiger partial charge in [-0.3, -0.25) is 4.21 Å². The molecule has 34 heavy (non-hydrogen) atoms. The fourth-order valence-electron chi connectivity index (χ4n) is 3.59. The number of nitrogen functional groups attached to an aromatic ring is 1. The average molecular weight is 501 g/mol. The molecular weight excluding hydrogens is 475 g/mol. The minimum atomic E-state index is -1.25. The molecule has 1 unspecified atom stereocenters. The van der Waals surface area contributed by atoms with Crippen LogP contribution in [-0.2, 0) is 15.5 Å². The lowest BCUT2D eigenvalue weighted by molar-refractivity contribution is 0.200. The van der Waals surface area contributed by atoms with E-state index in [0.717, 1.165) is 32.3 Å². The van der Waals surface area contributed by atoms with Gasteiger partial charge in [0.2, 0.25) is 5.95 Å². The number of aliphatic hydroxyl groups is 1. The third-order valence-corrected chi connectivity index (χ3v) is 8.26. The maximum atomic E-state index is 13.6. The van der Waals surface area contributed by atoms with Gasteiger partial charge in [-0.15, -0.1) is 11.3 Å². The van der Waals surface area contributed by atoms with Crippen molar-refractivity contribution < 1.29 is 18.4 Å². The Morgan fingerprint density at radius 2 is 1.88 bits per heavy atom. The van der Waals surface area contributed by atoms with Crippen LogP contribution in [0.1, 0.15) is 6.42 Å². The van der Waals surface area contributed by atoms with Crippen molar-refractivity contribution in [2.45, 2.75) is 10.6 Å². The maximum Gasteiger partial charge on any atom is 0.222 e. The van der Waals surface area contributed by atoms with E-state index in [4.69, 9.17) is 15.6 Å². The number of hydrogen-bond acceptors (Lipinski definition) is 8. The number of rotatable bonds is 10. The summed E-state index contributed by atoms with van der Waals surface area (Å²) in [6, 6.07) is 10.2. The van der Waals surface area contributed by atoms with Crippen molar-refractivity contribution in [3.63, 3.8) is 0 Å². The molecule has 1 atom stereocenters. The molecule has 0 amide bonds. The Kier molecular flexibility index (Phi) is 7.84. The number of fused-ring (bicyclic) bond motifs is 1. The standard InChI is InChI=1S/C24H25FN4O3S2/c1-32-9-2-10-34(31)23-22(26)21-19(15-3-5-18(25)6-4-15)11-16(12-20(21)33-23)17-13-28-24(29-14-17)27-7-8-30/h3-6,11-14,30H,2,7-10,26H2,1H3,(H,27,28,29). The van der Waals surface area contributed by atoms with Gasteiger partial charge in [0.05, 0.1) is 23.1 Å². The van der Waals surface area contributed by atoms with Gasteiger partial charge in [-0.1, -0.05) is 12.1 Å². The van der Waals surface area contributed by atoms with Crippen molar-refractivity contribution in [2.24, 2.45) is 0 Å². The average Bonchev–Trinajstić information content (AvgIpc) is 3.19. The van der Waals surface area contributed by atoms with Crippen LogP contribution in [0.3, 0.4) is 0 Å². The smallest absolute Gasteiger partial charge is 0.222 e. The summed E-state index contributed by atoms with van der Waals surface area (Å²) in [4.78, 5) is 8.63. The molecule has 4 rings (SSSR count). The number of nitrogens with one attached hydrogen (secondary N) is 1. The van der Waals surface area contributed by atoms with Crippen LogP contribution in [0.5, 0.6) is 0 Å². The number of aliphatic hydroxyl groups excluding tert-OH is 1. The van der Waals surface area contributed by atoms with Crippen LogP contribution in [0.25, 0.3) is 32.3 Å². The summed E-state index contributed by atoms with van der Waals surface area (Å²) in [5, 5.41) is 12.7. The highest BCUT2D eigenvalue weighted by atomic mass is 32.2. The van der Waals surface area contributed by atoms with E-state index in [1.807, 2.05) is 12.1 Å². The molecule has 0 aliphatic rings. The highest BCUT2D eigenvalue weighted by Crippen LogP contribution is 2.44. The number of ether oxygens (including phenoxy) is 1. The molecule has 0 aliphatic heterocycles. The predicted molar refractivity (Wildman–Crippen MR) is 136 cm³/mol. The van der Waals surface area contributed by atoms with E-state index in [1.54, 1.807) is 31.6 Å². The Balaban J connectivity index is 1.82. The van der Waals surface area contributed by atoms with Gasteiger partial charge in [-0.2, -0.15) is 0 Å². The first-order valence-electron chi connectivity index (χ1n) is 10.7. The third kappa shape index (κ3) is 5.25. The molecule has 4 N–H and O–H groups in total. The summed E-state index contributed by atoms with van der Waals surface area (Å²) in [5.41, 5.74) is 10.3. The van der Waals surface area contributed by atoms with Crippen molar-refractivity contribution in [1.29, 1.82) is 0 Å². The molecular formula is C24H25FN4O3S2. The fraction of sp³-hybridized carbons (Fsp3) is 0.250. The van der Waals surface area contributed by atoms with E-state index in [2.05, 4.69) is 15.3 Å². The third-order valence-electron chi connectivity index (χ3n) is 5.21. The summed E-state index contributed by atoms with van der Waals surface area (Å²) in [6.45, 7) is 0.876. The zero-order valence-corrected chi connectivity index (χ0v) is 20.2. The van der Waals surface area contributed by atoms with Gasteiger partial charge in [0.1, 0.15) is 10.0 Å². The minimum absolute atomic E-state index is 0.0161. The second kappa shape index (κ2) is 11.0. The lowest BCUT2D eigenvalue weighted by Crippen LogP contribution is -2.08. The van der Waals surface area contributed by atoms with Crippen molar-refractivity contribution in [3.8, 4) is 22.3 Å². The summed E-state index contributed by atoms with van der Waals surface area (Å²) in [7, 11) is 0.362. The summed E-state index contributed by atoms with van der Waals surface area (Å²) in [5.74, 6) is 0.556. The molecule has 10 heteroatoms. The first kappa shape index (κ1) is 24.2. The molecule has 178 valence electrons. The molecule has 2 aromatic heterocycles. The Hall–Kier alpha value is -2.92. The van der Waals surface area contributed by atoms with Gasteiger partial charge >= 0.3 is 0 Å². The van der Waals surface area contributed by atoms with E-state index in [9.17, 15) is 8.60 Å². The Bertz CT molecular complexity index is 1290. The molecule has 0 bridgehead atoms. The molecule has 4 aromatic rings. The van der Waals surface area contributed by atoms with E-state index in [-0.39, 0.29) is 12.4 Å². The first-order valence-corrected chi connectivity index (χ1v) is 12.8. The van der Waals surface area contributed by atoms with Gasteiger partial charge in [-0.05, 0) is 47.4 Å². The van der Waals surface area contributed by atoms with Gasteiger partial charge < -0.3 is 20.9 Å². The van der Waals surface area contributed by atoms with E-state index in [0.29, 0.717) is 41.2 Å². The molecule has 0 spiro atoms. The molecule has 7 nitrogen and oxygen atoms in total. The topological polar surface area (TPSA) is 110 Å². The number of hydrogen-bond donors (Lipinski definition) is 3. The second-order valence-electron chi connectivity index (χ2n) is 7.55. The summed E-state index contributed by atoms with van der Waals surface area (Å²) in [6.07, 6.45) is 4.06. The largest absolute Gasteiger partial charge is 0.397 e. The number of nitrogens with zero attached hydrogens (tertiary/aromatic N) is 2. The molecule has 0 aliphatic carbocycles. The van der Waals surface area contributed by atoms with Gasteiger partial charge in [-0.25, -0.2) is 14.4 Å². The normalized spacial score (nSPS) is 12.2. The van der Waals surface area contributed by atoms with Crippen molar-refractivity contribution in [2.75, 3.05) is 43.7 Å². The fourth-order valence-corrected chi connectivity index (χ4v) is 6.31. The number of aromatic nitrogens is 2. The lowest BCUT2D eigenvalue weighted by atomic mass is 9.96. The van der Waals surface area contributed by atoms with Crippen molar-refractivity contribution >= 4 is 43.9 Å². The Labute approximate surface area is 203 Å². The second-order valence-corrected chi connectivity index (χ2v) is 10.4. The quantitative estimate of drug-likeness (QED) is 0.279. The molecule has 0 saturated carbocycles. The monoisotopic (exact) mass is 500 g/mol. The first-order chi connectivity index (χ1) is 16.5. The Morgan fingerprint density at radius 1 is 1.15 bits per heavy atom. The summed E-state index contributed by atoms with van der Waals surface area (Å²) < 4.78 is 33.2. The highest BCUT2D eigenvalue weighted by molar-refractivity contribution is 7.87. The van der Waals surface area contributed by atoms with Crippen LogP contribution in [0.15, 0.2) is 53.0 Å². The van der Waals surface area contributed by atoms with Crippen LogP contribution in [0.2, 0.25) is 0 Å². The van der Waals surface area contributed by atoms with Crippen molar-refractivity contribution in [1.82, 2.24) is 9.97 Å². The van der Waals surface area contributed by atoms with Crippen LogP contribution in [0, 0.1) is 5.82 Å². The molecule has 0 radical (unpaired) electrons. The molecule has 2 heterocycles. The van der Waals surface area contributed by atoms with Gasteiger partial charge in [0.25, 0.3) is 0 Å². The molecule has 0 saturated heterocycles. The van der Waals surface area contributed by atoms with Crippen LogP contribution >= 0.6 is 11.3 Å². The van der Waals surface area contributed by atoms with E-state index >= 15 is 0 Å².